The summed E-state index contributed by atoms with van der Waals surface area (Å²) in [6, 6.07) is 21.4. The van der Waals surface area contributed by atoms with E-state index in [4.69, 9.17) is 9.47 Å². The number of hydrogen-bond acceptors (Lipinski definition) is 5. The molecule has 5 rings (SSSR count). The van der Waals surface area contributed by atoms with Gasteiger partial charge in [0.1, 0.15) is 24.7 Å². The van der Waals surface area contributed by atoms with Crippen molar-refractivity contribution in [3.63, 3.8) is 0 Å². The highest BCUT2D eigenvalue weighted by molar-refractivity contribution is 7.15. The first-order chi connectivity index (χ1) is 15.6. The van der Waals surface area contributed by atoms with Gasteiger partial charge in [-0.25, -0.2) is 9.38 Å². The second-order valence-electron chi connectivity index (χ2n) is 7.65. The van der Waals surface area contributed by atoms with Crippen LogP contribution in [0.5, 0.6) is 11.5 Å². The number of imidazole rings is 1. The molecule has 0 aliphatic heterocycles. The Morgan fingerprint density at radius 3 is 2.41 bits per heavy atom. The first-order valence-corrected chi connectivity index (χ1v) is 11.2. The van der Waals surface area contributed by atoms with E-state index in [0.29, 0.717) is 22.7 Å². The molecule has 0 atom stereocenters. The van der Waals surface area contributed by atoms with E-state index in [2.05, 4.69) is 24.9 Å². The third kappa shape index (κ3) is 3.97. The summed E-state index contributed by atoms with van der Waals surface area (Å²) >= 11 is 1.40. The molecule has 2 aromatic heterocycles. The highest BCUT2D eigenvalue weighted by Crippen LogP contribution is 2.18. The number of fused-ring (bicyclic) bond motifs is 3. The number of hydrogen-bond donors (Lipinski definition) is 0. The van der Waals surface area contributed by atoms with E-state index in [1.165, 1.54) is 22.5 Å². The van der Waals surface area contributed by atoms with E-state index < -0.39 is 0 Å². The molecule has 32 heavy (non-hydrogen) atoms. The minimum atomic E-state index is -0.0393. The summed E-state index contributed by atoms with van der Waals surface area (Å²) in [5.74, 6) is 1.62. The monoisotopic (exact) mass is 442 g/mol. The van der Waals surface area contributed by atoms with Crippen LogP contribution in [0.1, 0.15) is 16.7 Å². The van der Waals surface area contributed by atoms with Crippen LogP contribution < -0.4 is 19.6 Å². The van der Waals surface area contributed by atoms with Gasteiger partial charge in [-0.15, -0.1) is 0 Å². The highest BCUT2D eigenvalue weighted by atomic mass is 32.1. The highest BCUT2D eigenvalue weighted by Gasteiger charge is 2.10. The van der Waals surface area contributed by atoms with Crippen molar-refractivity contribution in [2.24, 2.45) is 0 Å². The molecule has 3 aromatic carbocycles. The summed E-state index contributed by atoms with van der Waals surface area (Å²) < 4.78 is 13.9. The number of ether oxygens (including phenoxy) is 2. The standard InChI is InChI=1S/C26H22N2O3S/c1-17-7-10-21(15-18(17)2)31-14-13-30-20-11-8-19(9-12-20)16-24-25(29)28-23-6-4-3-5-22(23)27-26(28)32-24/h3-12,15-16H,13-14H2,1-2H3/b24-16+. The van der Waals surface area contributed by atoms with Crippen LogP contribution in [0.4, 0.5) is 0 Å². The number of thiazole rings is 1. The molecule has 5 aromatic rings. The molecule has 0 unspecified atom stereocenters. The Hall–Kier alpha value is -3.64. The molecule has 0 aliphatic rings. The Bertz CT molecular complexity index is 1520. The van der Waals surface area contributed by atoms with E-state index in [-0.39, 0.29) is 5.56 Å². The summed E-state index contributed by atoms with van der Waals surface area (Å²) in [4.78, 5) is 18.1. The number of aryl methyl sites for hydroxylation is 2. The third-order valence-electron chi connectivity index (χ3n) is 5.42. The minimum absolute atomic E-state index is 0.0393. The average Bonchev–Trinajstić information content (AvgIpc) is 3.31. The van der Waals surface area contributed by atoms with Gasteiger partial charge in [-0.1, -0.05) is 41.7 Å². The Labute approximate surface area is 189 Å². The molecule has 0 N–H and O–H groups in total. The first-order valence-electron chi connectivity index (χ1n) is 10.4. The Morgan fingerprint density at radius 2 is 1.62 bits per heavy atom. The molecule has 0 radical (unpaired) electrons. The second kappa shape index (κ2) is 8.48. The summed E-state index contributed by atoms with van der Waals surface area (Å²) in [7, 11) is 0. The number of benzene rings is 3. The Morgan fingerprint density at radius 1 is 0.906 bits per heavy atom. The molecule has 0 fully saturated rings. The Balaban J connectivity index is 1.25. The van der Waals surface area contributed by atoms with Crippen LogP contribution in [0.3, 0.4) is 0 Å². The Kier molecular flexibility index (Phi) is 5.37. The van der Waals surface area contributed by atoms with Gasteiger partial charge < -0.3 is 9.47 Å². The molecule has 0 saturated carbocycles. The van der Waals surface area contributed by atoms with Crippen LogP contribution in [-0.4, -0.2) is 22.6 Å². The van der Waals surface area contributed by atoms with Crippen molar-refractivity contribution in [3.8, 4) is 11.5 Å². The van der Waals surface area contributed by atoms with Gasteiger partial charge in [0.2, 0.25) is 0 Å². The van der Waals surface area contributed by atoms with E-state index >= 15 is 0 Å². The minimum Gasteiger partial charge on any atom is -0.490 e. The van der Waals surface area contributed by atoms with Gasteiger partial charge in [0.25, 0.3) is 5.56 Å². The molecule has 0 bridgehead atoms. The summed E-state index contributed by atoms with van der Waals surface area (Å²) in [5.41, 5.74) is 5.04. The maximum atomic E-state index is 12.9. The fourth-order valence-electron chi connectivity index (χ4n) is 3.55. The van der Waals surface area contributed by atoms with Gasteiger partial charge in [0.05, 0.1) is 15.6 Å². The predicted octanol–water partition coefficient (Wildman–Crippen LogP) is 4.53. The number of aromatic nitrogens is 2. The van der Waals surface area contributed by atoms with Gasteiger partial charge in [-0.2, -0.15) is 0 Å². The maximum Gasteiger partial charge on any atom is 0.274 e. The van der Waals surface area contributed by atoms with Gasteiger partial charge in [0, 0.05) is 0 Å². The van der Waals surface area contributed by atoms with Crippen LogP contribution in [0.2, 0.25) is 0 Å². The molecule has 6 heteroatoms. The quantitative estimate of drug-likeness (QED) is 0.363. The zero-order valence-corrected chi connectivity index (χ0v) is 18.7. The maximum absolute atomic E-state index is 12.9. The zero-order valence-electron chi connectivity index (χ0n) is 17.9. The van der Waals surface area contributed by atoms with Crippen LogP contribution in [0.25, 0.3) is 22.1 Å². The van der Waals surface area contributed by atoms with Crippen molar-refractivity contribution in [3.05, 3.63) is 98.3 Å². The normalized spacial score (nSPS) is 12.0. The van der Waals surface area contributed by atoms with Crippen molar-refractivity contribution >= 4 is 33.4 Å². The molecule has 0 aliphatic carbocycles. The molecule has 0 spiro atoms. The van der Waals surface area contributed by atoms with Crippen molar-refractivity contribution in [1.82, 2.24) is 9.38 Å². The van der Waals surface area contributed by atoms with Crippen LogP contribution in [-0.2, 0) is 0 Å². The molecular formula is C26H22N2O3S. The van der Waals surface area contributed by atoms with Gasteiger partial charge in [0.15, 0.2) is 4.96 Å². The van der Waals surface area contributed by atoms with Crippen LogP contribution in [0, 0.1) is 13.8 Å². The van der Waals surface area contributed by atoms with E-state index in [1.807, 2.05) is 66.7 Å². The van der Waals surface area contributed by atoms with Crippen LogP contribution >= 0.6 is 11.3 Å². The fraction of sp³-hybridized carbons (Fsp3) is 0.154. The smallest absolute Gasteiger partial charge is 0.274 e. The van der Waals surface area contributed by atoms with E-state index in [1.54, 1.807) is 4.40 Å². The number of para-hydroxylation sites is 2. The van der Waals surface area contributed by atoms with Crippen LogP contribution in [0.15, 0.2) is 71.5 Å². The SMILES string of the molecule is Cc1ccc(OCCOc2ccc(/C=c3/sc4nc5ccccc5n4c3=O)cc2)cc1C. The number of rotatable bonds is 6. The first kappa shape index (κ1) is 20.3. The second-order valence-corrected chi connectivity index (χ2v) is 8.66. The van der Waals surface area contributed by atoms with E-state index in [9.17, 15) is 4.79 Å². The molecule has 160 valence electrons. The summed E-state index contributed by atoms with van der Waals surface area (Å²) in [6.45, 7) is 5.08. The van der Waals surface area contributed by atoms with Crippen molar-refractivity contribution in [2.75, 3.05) is 13.2 Å². The zero-order chi connectivity index (χ0) is 22.1. The molecule has 0 saturated heterocycles. The molecular weight excluding hydrogens is 420 g/mol. The largest absolute Gasteiger partial charge is 0.490 e. The van der Waals surface area contributed by atoms with Crippen molar-refractivity contribution in [1.29, 1.82) is 0 Å². The third-order valence-corrected chi connectivity index (χ3v) is 6.39. The van der Waals surface area contributed by atoms with Gasteiger partial charge in [-0.05, 0) is 73.0 Å². The molecule has 0 amide bonds. The van der Waals surface area contributed by atoms with Gasteiger partial charge >= 0.3 is 0 Å². The molecule has 5 nitrogen and oxygen atoms in total. The summed E-state index contributed by atoms with van der Waals surface area (Å²) in [6.07, 6.45) is 1.89. The lowest BCUT2D eigenvalue weighted by Crippen LogP contribution is -2.22. The summed E-state index contributed by atoms with van der Waals surface area (Å²) in [5, 5.41) is 0. The lowest BCUT2D eigenvalue weighted by Gasteiger charge is -2.10. The fourth-order valence-corrected chi connectivity index (χ4v) is 4.53. The molecule has 2 heterocycles. The lowest BCUT2D eigenvalue weighted by molar-refractivity contribution is 0.217. The van der Waals surface area contributed by atoms with Gasteiger partial charge in [-0.3, -0.25) is 4.79 Å². The number of nitrogens with zero attached hydrogens (tertiary/aromatic N) is 2. The predicted molar refractivity (Wildman–Crippen MR) is 129 cm³/mol. The average molecular weight is 443 g/mol. The van der Waals surface area contributed by atoms with E-state index in [0.717, 1.165) is 28.1 Å². The van der Waals surface area contributed by atoms with Crippen molar-refractivity contribution in [2.45, 2.75) is 13.8 Å². The van der Waals surface area contributed by atoms with Crippen molar-refractivity contribution < 1.29 is 9.47 Å². The lowest BCUT2D eigenvalue weighted by atomic mass is 10.1. The topological polar surface area (TPSA) is 52.8 Å².